The Hall–Kier alpha value is -1.47. The summed E-state index contributed by atoms with van der Waals surface area (Å²) in [6.07, 6.45) is 0. The monoisotopic (exact) mass is 297 g/mol. The van der Waals surface area contributed by atoms with E-state index in [4.69, 9.17) is 9.15 Å². The van der Waals surface area contributed by atoms with Gasteiger partial charge in [0, 0.05) is 11.5 Å². The van der Waals surface area contributed by atoms with Crippen molar-refractivity contribution in [3.8, 4) is 0 Å². The normalized spacial score (nSPS) is 22.9. The maximum absolute atomic E-state index is 11.3. The molecule has 0 amide bonds. The van der Waals surface area contributed by atoms with Gasteiger partial charge in [-0.05, 0) is 6.54 Å². The minimum Gasteiger partial charge on any atom is -0.481 e. The minimum absolute atomic E-state index is 0.155. The summed E-state index contributed by atoms with van der Waals surface area (Å²) < 4.78 is 11.0. The molecule has 0 radical (unpaired) electrons. The van der Waals surface area contributed by atoms with E-state index in [1.54, 1.807) is 0 Å². The molecule has 1 N–H and O–H groups in total. The lowest BCUT2D eigenvalue weighted by Gasteiger charge is -2.27. The van der Waals surface area contributed by atoms with Gasteiger partial charge in [0.1, 0.15) is 0 Å². The summed E-state index contributed by atoms with van der Waals surface area (Å²) in [5, 5.41) is 17.4. The largest absolute Gasteiger partial charge is 0.481 e. The number of ether oxygens (including phenoxy) is 1. The van der Waals surface area contributed by atoms with Gasteiger partial charge in [0.15, 0.2) is 0 Å². The first-order valence-corrected chi connectivity index (χ1v) is 7.20. The fourth-order valence-electron chi connectivity index (χ4n) is 2.40. The van der Waals surface area contributed by atoms with E-state index in [0.29, 0.717) is 31.5 Å². The molecule has 1 fully saturated rings. The first kappa shape index (κ1) is 15.9. The molecule has 1 aromatic rings. The number of carbonyl (C=O) groups is 1. The van der Waals surface area contributed by atoms with Crippen molar-refractivity contribution in [2.75, 3.05) is 19.8 Å². The molecule has 0 bridgehead atoms. The Morgan fingerprint density at radius 3 is 2.62 bits per heavy atom. The van der Waals surface area contributed by atoms with Gasteiger partial charge in [-0.25, -0.2) is 0 Å². The molecule has 7 nitrogen and oxygen atoms in total. The van der Waals surface area contributed by atoms with Gasteiger partial charge in [-0.15, -0.1) is 10.2 Å². The van der Waals surface area contributed by atoms with Crippen LogP contribution >= 0.6 is 0 Å². The Labute approximate surface area is 124 Å². The maximum atomic E-state index is 11.3. The first-order valence-electron chi connectivity index (χ1n) is 7.20. The second-order valence-electron chi connectivity index (χ2n) is 6.36. The van der Waals surface area contributed by atoms with E-state index < -0.39 is 11.9 Å². The molecule has 0 saturated carbocycles. The molecule has 2 atom stereocenters. The van der Waals surface area contributed by atoms with Gasteiger partial charge in [0.2, 0.25) is 11.8 Å². The topological polar surface area (TPSA) is 88.7 Å². The summed E-state index contributed by atoms with van der Waals surface area (Å²) in [7, 11) is 0. The van der Waals surface area contributed by atoms with Gasteiger partial charge in [-0.2, -0.15) is 0 Å². The van der Waals surface area contributed by atoms with Gasteiger partial charge < -0.3 is 14.3 Å². The second kappa shape index (κ2) is 6.11. The molecular weight excluding hydrogens is 274 g/mol. The molecule has 0 aliphatic carbocycles. The molecule has 1 aromatic heterocycles. The number of nitrogens with zero attached hydrogens (tertiary/aromatic N) is 3. The highest BCUT2D eigenvalue weighted by Gasteiger charge is 2.38. The average molecular weight is 297 g/mol. The zero-order chi connectivity index (χ0) is 15.6. The number of aromatic nitrogens is 2. The summed E-state index contributed by atoms with van der Waals surface area (Å²) in [5.41, 5.74) is -0.192. The molecule has 7 heteroatoms. The van der Waals surface area contributed by atoms with Crippen molar-refractivity contribution in [1.82, 2.24) is 15.1 Å². The highest BCUT2D eigenvalue weighted by molar-refractivity contribution is 5.71. The van der Waals surface area contributed by atoms with Crippen LogP contribution in [0.15, 0.2) is 4.42 Å². The van der Waals surface area contributed by atoms with E-state index in [1.165, 1.54) is 0 Å². The Morgan fingerprint density at radius 1 is 1.38 bits per heavy atom. The number of rotatable bonds is 5. The summed E-state index contributed by atoms with van der Waals surface area (Å²) >= 11 is 0. The lowest BCUT2D eigenvalue weighted by atomic mass is 9.97. The van der Waals surface area contributed by atoms with Crippen molar-refractivity contribution in [2.24, 2.45) is 5.92 Å². The maximum Gasteiger partial charge on any atom is 0.310 e. The smallest absolute Gasteiger partial charge is 0.310 e. The van der Waals surface area contributed by atoms with Crippen LogP contribution < -0.4 is 0 Å². The molecule has 118 valence electrons. The van der Waals surface area contributed by atoms with E-state index in [-0.39, 0.29) is 18.1 Å². The molecule has 0 spiro atoms. The molecule has 2 rings (SSSR count). The van der Waals surface area contributed by atoms with Crippen LogP contribution in [0.4, 0.5) is 0 Å². The van der Waals surface area contributed by atoms with E-state index in [2.05, 4.69) is 10.2 Å². The van der Waals surface area contributed by atoms with Crippen molar-refractivity contribution in [3.63, 3.8) is 0 Å². The standard InChI is InChI=1S/C14H23N3O4/c1-5-17(10-8-20-7-9(10)12(18)19)6-11-15-16-13(21-11)14(2,3)4/h9-10H,5-8H2,1-4H3,(H,18,19). The number of carboxylic acids is 1. The number of likely N-dealkylation sites (N-methyl/N-ethyl adjacent to an activating group) is 1. The van der Waals surface area contributed by atoms with E-state index in [9.17, 15) is 9.90 Å². The zero-order valence-corrected chi connectivity index (χ0v) is 13.0. The molecule has 1 aliphatic heterocycles. The molecule has 0 aromatic carbocycles. The lowest BCUT2D eigenvalue weighted by molar-refractivity contribution is -0.143. The van der Waals surface area contributed by atoms with Crippen molar-refractivity contribution in [3.05, 3.63) is 11.8 Å². The van der Waals surface area contributed by atoms with Crippen molar-refractivity contribution in [2.45, 2.75) is 45.7 Å². The highest BCUT2D eigenvalue weighted by atomic mass is 16.5. The van der Waals surface area contributed by atoms with Crippen LogP contribution in [0.1, 0.15) is 39.5 Å². The number of hydrogen-bond donors (Lipinski definition) is 1. The average Bonchev–Trinajstić information content (AvgIpc) is 3.03. The third-order valence-corrected chi connectivity index (χ3v) is 3.69. The number of hydrogen-bond acceptors (Lipinski definition) is 6. The molecule has 2 unspecified atom stereocenters. The molecule has 21 heavy (non-hydrogen) atoms. The molecule has 1 aliphatic rings. The summed E-state index contributed by atoms with van der Waals surface area (Å²) in [4.78, 5) is 13.3. The van der Waals surface area contributed by atoms with Crippen molar-refractivity contribution in [1.29, 1.82) is 0 Å². The Bertz CT molecular complexity index is 495. The third kappa shape index (κ3) is 3.59. The summed E-state index contributed by atoms with van der Waals surface area (Å²) in [6.45, 7) is 9.83. The third-order valence-electron chi connectivity index (χ3n) is 3.69. The van der Waals surface area contributed by atoms with Gasteiger partial charge in [0.25, 0.3) is 0 Å². The Balaban J connectivity index is 2.09. The number of aliphatic carboxylic acids is 1. The minimum atomic E-state index is -0.822. The van der Waals surface area contributed by atoms with Gasteiger partial charge in [-0.3, -0.25) is 9.69 Å². The van der Waals surface area contributed by atoms with Crippen molar-refractivity contribution >= 4 is 5.97 Å². The van der Waals surface area contributed by atoms with E-state index in [0.717, 1.165) is 0 Å². The number of carboxylic acid groups (broad SMARTS) is 1. The summed E-state index contributed by atoms with van der Waals surface area (Å²) in [6, 6.07) is -0.155. The lowest BCUT2D eigenvalue weighted by Crippen LogP contribution is -2.42. The van der Waals surface area contributed by atoms with E-state index >= 15 is 0 Å². The van der Waals surface area contributed by atoms with Crippen molar-refractivity contribution < 1.29 is 19.1 Å². The highest BCUT2D eigenvalue weighted by Crippen LogP contribution is 2.24. The van der Waals surface area contributed by atoms with Gasteiger partial charge in [-0.1, -0.05) is 27.7 Å². The van der Waals surface area contributed by atoms with Crippen LogP contribution in [0.2, 0.25) is 0 Å². The van der Waals surface area contributed by atoms with Crippen LogP contribution in [0.25, 0.3) is 0 Å². The van der Waals surface area contributed by atoms with Gasteiger partial charge in [0.05, 0.1) is 25.7 Å². The van der Waals surface area contributed by atoms with Crippen LogP contribution in [0.3, 0.4) is 0 Å². The molecule has 1 saturated heterocycles. The zero-order valence-electron chi connectivity index (χ0n) is 13.0. The summed E-state index contributed by atoms with van der Waals surface area (Å²) in [5.74, 6) is -0.226. The fourth-order valence-corrected chi connectivity index (χ4v) is 2.40. The fraction of sp³-hybridized carbons (Fsp3) is 0.786. The van der Waals surface area contributed by atoms with Crippen LogP contribution in [0, 0.1) is 5.92 Å². The van der Waals surface area contributed by atoms with Crippen LogP contribution in [-0.2, 0) is 21.5 Å². The van der Waals surface area contributed by atoms with Crippen LogP contribution in [0.5, 0.6) is 0 Å². The molecular formula is C14H23N3O4. The quantitative estimate of drug-likeness (QED) is 0.876. The second-order valence-corrected chi connectivity index (χ2v) is 6.36. The Morgan fingerprint density at radius 2 is 2.10 bits per heavy atom. The predicted octanol–water partition coefficient (Wildman–Crippen LogP) is 1.29. The predicted molar refractivity (Wildman–Crippen MR) is 74.8 cm³/mol. The van der Waals surface area contributed by atoms with Crippen LogP contribution in [-0.4, -0.2) is 52.0 Å². The Kier molecular flexibility index (Phi) is 4.63. The van der Waals surface area contributed by atoms with E-state index in [1.807, 2.05) is 32.6 Å². The van der Waals surface area contributed by atoms with Gasteiger partial charge >= 0.3 is 5.97 Å². The SMILES string of the molecule is CCN(Cc1nnc(C(C)(C)C)o1)C1COCC1C(=O)O. The first-order chi connectivity index (χ1) is 9.82. The molecule has 2 heterocycles.